The highest BCUT2D eigenvalue weighted by molar-refractivity contribution is 14.1. The van der Waals surface area contributed by atoms with Crippen molar-refractivity contribution in [3.63, 3.8) is 0 Å². The van der Waals surface area contributed by atoms with E-state index in [0.29, 0.717) is 23.1 Å². The minimum absolute atomic E-state index is 0. The SMILES string of the molecule is C.C#CCN.NCc1cc2cc(Cl)ccc2o1.Oc1ccc(Cl)cc1I. The molecule has 0 saturated heterocycles. The monoisotopic (exact) mass is 506 g/mol. The van der Waals surface area contributed by atoms with Gasteiger partial charge in [0.25, 0.3) is 0 Å². The van der Waals surface area contributed by atoms with E-state index in [9.17, 15) is 0 Å². The van der Waals surface area contributed by atoms with Crippen LogP contribution in [0.5, 0.6) is 5.75 Å². The lowest BCUT2D eigenvalue weighted by Crippen LogP contribution is -1.92. The number of aromatic hydroxyl groups is 1. The van der Waals surface area contributed by atoms with Gasteiger partial charge in [0.2, 0.25) is 0 Å². The molecule has 0 unspecified atom stereocenters. The second-order valence-corrected chi connectivity index (χ2v) is 6.64. The summed E-state index contributed by atoms with van der Waals surface area (Å²) >= 11 is 13.4. The van der Waals surface area contributed by atoms with Crippen molar-refractivity contribution in [2.75, 3.05) is 6.54 Å². The van der Waals surface area contributed by atoms with E-state index in [1.807, 2.05) is 40.8 Å². The van der Waals surface area contributed by atoms with Crippen LogP contribution in [0.25, 0.3) is 11.0 Å². The number of phenolic OH excluding ortho intramolecular Hbond substituents is 1. The van der Waals surface area contributed by atoms with Crippen molar-refractivity contribution in [3.05, 3.63) is 61.8 Å². The van der Waals surface area contributed by atoms with E-state index in [0.717, 1.165) is 20.3 Å². The number of furan rings is 1. The zero-order valence-corrected chi connectivity index (χ0v) is 16.8. The number of hydrogen-bond acceptors (Lipinski definition) is 4. The van der Waals surface area contributed by atoms with Gasteiger partial charge in [0.05, 0.1) is 16.7 Å². The standard InChI is InChI=1S/C9H8ClNO.C6H4ClIO.C3H5N.CH4/c10-7-1-2-9-6(3-7)4-8(5-11)12-9;7-4-1-2-6(9)5(8)3-4;1-2-3-4;/h1-4H,5,11H2;1-3,9H;1H,3-4H2;1H4. The number of fused-ring (bicyclic) bond motifs is 1. The minimum Gasteiger partial charge on any atom is -0.507 e. The van der Waals surface area contributed by atoms with Crippen LogP contribution in [0.2, 0.25) is 10.0 Å². The van der Waals surface area contributed by atoms with Crippen molar-refractivity contribution in [2.24, 2.45) is 11.5 Å². The third-order valence-electron chi connectivity index (χ3n) is 2.76. The van der Waals surface area contributed by atoms with E-state index in [1.165, 1.54) is 0 Å². The molecule has 140 valence electrons. The zero-order valence-electron chi connectivity index (χ0n) is 13.2. The Morgan fingerprint density at radius 2 is 1.65 bits per heavy atom. The smallest absolute Gasteiger partial charge is 0.134 e. The van der Waals surface area contributed by atoms with Gasteiger partial charge in [0.15, 0.2) is 0 Å². The molecule has 0 fully saturated rings. The van der Waals surface area contributed by atoms with Crippen LogP contribution in [-0.2, 0) is 6.54 Å². The Bertz CT molecular complexity index is 860. The summed E-state index contributed by atoms with van der Waals surface area (Å²) in [6, 6.07) is 12.3. The van der Waals surface area contributed by atoms with E-state index < -0.39 is 0 Å². The minimum atomic E-state index is 0. The Balaban J connectivity index is 0.000000399. The highest BCUT2D eigenvalue weighted by Crippen LogP contribution is 2.23. The lowest BCUT2D eigenvalue weighted by atomic mass is 10.2. The van der Waals surface area contributed by atoms with Gasteiger partial charge in [-0.2, -0.15) is 0 Å². The third kappa shape index (κ3) is 8.30. The second-order valence-electron chi connectivity index (χ2n) is 4.60. The summed E-state index contributed by atoms with van der Waals surface area (Å²) in [6.07, 6.45) is 4.65. The highest BCUT2D eigenvalue weighted by atomic mass is 127. The van der Waals surface area contributed by atoms with Crippen LogP contribution in [0.4, 0.5) is 0 Å². The molecule has 0 aliphatic heterocycles. The van der Waals surface area contributed by atoms with Crippen LogP contribution in [0, 0.1) is 15.9 Å². The summed E-state index contributed by atoms with van der Waals surface area (Å²) < 4.78 is 6.17. The fourth-order valence-corrected chi connectivity index (χ4v) is 2.70. The van der Waals surface area contributed by atoms with E-state index in [-0.39, 0.29) is 13.2 Å². The molecule has 3 rings (SSSR count). The second kappa shape index (κ2) is 12.8. The number of benzene rings is 2. The maximum atomic E-state index is 8.98. The van der Waals surface area contributed by atoms with Gasteiger partial charge in [-0.3, -0.25) is 0 Å². The average molecular weight is 507 g/mol. The fourth-order valence-electron chi connectivity index (χ4n) is 1.65. The van der Waals surface area contributed by atoms with E-state index >= 15 is 0 Å². The van der Waals surface area contributed by atoms with Gasteiger partial charge < -0.3 is 21.0 Å². The quantitative estimate of drug-likeness (QED) is 0.304. The molecule has 7 heteroatoms. The third-order valence-corrected chi connectivity index (χ3v) is 4.09. The number of halogens is 3. The van der Waals surface area contributed by atoms with Gasteiger partial charge in [0, 0.05) is 15.4 Å². The van der Waals surface area contributed by atoms with Crippen LogP contribution in [-0.4, -0.2) is 11.7 Å². The molecule has 5 N–H and O–H groups in total. The molecule has 0 atom stereocenters. The van der Waals surface area contributed by atoms with E-state index in [2.05, 4.69) is 12.3 Å². The first-order valence-corrected chi connectivity index (χ1v) is 8.90. The van der Waals surface area contributed by atoms with Gasteiger partial charge in [0.1, 0.15) is 17.1 Å². The normalized spacial score (nSPS) is 9.08. The summed E-state index contributed by atoms with van der Waals surface area (Å²) in [6.45, 7) is 0.770. The summed E-state index contributed by atoms with van der Waals surface area (Å²) in [4.78, 5) is 0. The first-order valence-electron chi connectivity index (χ1n) is 7.06. The van der Waals surface area contributed by atoms with Crippen LogP contribution in [0.15, 0.2) is 46.9 Å². The maximum Gasteiger partial charge on any atom is 0.134 e. The number of rotatable bonds is 1. The Kier molecular flexibility index (Phi) is 12.1. The summed E-state index contributed by atoms with van der Waals surface area (Å²) in [5.74, 6) is 3.27. The van der Waals surface area contributed by atoms with Crippen LogP contribution < -0.4 is 11.5 Å². The molecule has 0 aliphatic carbocycles. The Morgan fingerprint density at radius 1 is 1.08 bits per heavy atom. The van der Waals surface area contributed by atoms with Crippen LogP contribution in [0.1, 0.15) is 13.2 Å². The van der Waals surface area contributed by atoms with Gasteiger partial charge in [-0.1, -0.05) is 36.5 Å². The Morgan fingerprint density at radius 3 is 2.15 bits per heavy atom. The van der Waals surface area contributed by atoms with Gasteiger partial charge in [-0.25, -0.2) is 0 Å². The van der Waals surface area contributed by atoms with Gasteiger partial charge in [-0.15, -0.1) is 6.42 Å². The fraction of sp³-hybridized carbons (Fsp3) is 0.158. The molecular formula is C19H21Cl2IN2O2. The maximum absolute atomic E-state index is 8.98. The van der Waals surface area contributed by atoms with Crippen LogP contribution in [0.3, 0.4) is 0 Å². The van der Waals surface area contributed by atoms with Gasteiger partial charge in [-0.05, 0) is 65.1 Å². The van der Waals surface area contributed by atoms with Crippen molar-refractivity contribution < 1.29 is 9.52 Å². The number of terminal acetylenes is 1. The van der Waals surface area contributed by atoms with E-state index in [4.69, 9.17) is 44.2 Å². The molecule has 0 radical (unpaired) electrons. The molecule has 0 saturated carbocycles. The number of hydrogen-bond donors (Lipinski definition) is 3. The molecular weight excluding hydrogens is 486 g/mol. The topological polar surface area (TPSA) is 85.4 Å². The first-order chi connectivity index (χ1) is 11.9. The predicted molar refractivity (Wildman–Crippen MR) is 120 cm³/mol. The zero-order chi connectivity index (χ0) is 18.8. The summed E-state index contributed by atoms with van der Waals surface area (Å²) in [7, 11) is 0. The van der Waals surface area contributed by atoms with Crippen LogP contribution >= 0.6 is 45.8 Å². The summed E-state index contributed by atoms with van der Waals surface area (Å²) in [5, 5.41) is 11.3. The lowest BCUT2D eigenvalue weighted by Gasteiger charge is -1.94. The predicted octanol–water partition coefficient (Wildman–Crippen LogP) is 5.41. The largest absolute Gasteiger partial charge is 0.507 e. The first kappa shape index (κ1) is 24.6. The van der Waals surface area contributed by atoms with Crippen molar-refractivity contribution in [2.45, 2.75) is 14.0 Å². The van der Waals surface area contributed by atoms with Crippen molar-refractivity contribution >= 4 is 56.8 Å². The molecule has 0 bridgehead atoms. The Hall–Kier alpha value is -1.43. The molecule has 0 spiro atoms. The Labute approximate surface area is 177 Å². The number of nitrogens with two attached hydrogens (primary N) is 2. The van der Waals surface area contributed by atoms with Gasteiger partial charge >= 0.3 is 0 Å². The average Bonchev–Trinajstić information content (AvgIpc) is 3.01. The molecule has 0 aliphatic rings. The van der Waals surface area contributed by atoms with Crippen molar-refractivity contribution in [1.29, 1.82) is 0 Å². The van der Waals surface area contributed by atoms with E-state index in [1.54, 1.807) is 24.3 Å². The molecule has 1 heterocycles. The van der Waals surface area contributed by atoms with Crippen molar-refractivity contribution in [3.8, 4) is 18.1 Å². The summed E-state index contributed by atoms with van der Waals surface area (Å²) in [5.41, 5.74) is 11.0. The molecule has 3 aromatic rings. The lowest BCUT2D eigenvalue weighted by molar-refractivity contribution is 0.471. The molecule has 4 nitrogen and oxygen atoms in total. The van der Waals surface area contributed by atoms with Crippen molar-refractivity contribution in [1.82, 2.24) is 0 Å². The molecule has 0 amide bonds. The number of phenols is 1. The molecule has 26 heavy (non-hydrogen) atoms. The molecule has 2 aromatic carbocycles. The highest BCUT2D eigenvalue weighted by Gasteiger charge is 2.01. The molecule has 1 aromatic heterocycles.